The van der Waals surface area contributed by atoms with Gasteiger partial charge in [-0.1, -0.05) is 23.8 Å². The molecule has 0 aliphatic rings. The highest BCUT2D eigenvalue weighted by molar-refractivity contribution is 6.11. The number of methoxy groups -OCH3 is 1. The summed E-state index contributed by atoms with van der Waals surface area (Å²) in [6.07, 6.45) is 0. The summed E-state index contributed by atoms with van der Waals surface area (Å²) in [5, 5.41) is 0. The molecule has 0 bridgehead atoms. The molecule has 0 saturated carbocycles. The van der Waals surface area contributed by atoms with Gasteiger partial charge >= 0.3 is 0 Å². The Morgan fingerprint density at radius 1 is 1.15 bits per heavy atom. The molecule has 0 aliphatic carbocycles. The van der Waals surface area contributed by atoms with Gasteiger partial charge in [0.15, 0.2) is 12.6 Å². The Morgan fingerprint density at radius 3 is 2.60 bits per heavy atom. The van der Waals surface area contributed by atoms with Gasteiger partial charge in [-0.3, -0.25) is 4.79 Å². The molecule has 0 fully saturated rings. The average Bonchev–Trinajstić information content (AvgIpc) is 2.46. The van der Waals surface area contributed by atoms with Crippen molar-refractivity contribution >= 4 is 5.78 Å². The Balaban J connectivity index is 2.43. The molecule has 20 heavy (non-hydrogen) atoms. The minimum Gasteiger partial charge on any atom is -0.467 e. The van der Waals surface area contributed by atoms with Gasteiger partial charge in [-0.05, 0) is 31.2 Å². The first kappa shape index (κ1) is 14.2. The first-order valence-electron chi connectivity index (χ1n) is 6.15. The van der Waals surface area contributed by atoms with Gasteiger partial charge in [0.1, 0.15) is 11.6 Å². The van der Waals surface area contributed by atoms with E-state index in [0.717, 1.165) is 5.56 Å². The molecule has 0 saturated heterocycles. The van der Waals surface area contributed by atoms with Gasteiger partial charge in [-0.2, -0.15) is 0 Å². The number of hydrogen-bond acceptors (Lipinski definition) is 3. The molecule has 0 aliphatic heterocycles. The molecule has 0 atom stereocenters. The second-order valence-electron chi connectivity index (χ2n) is 4.36. The van der Waals surface area contributed by atoms with Crippen LogP contribution in [0.3, 0.4) is 0 Å². The van der Waals surface area contributed by atoms with E-state index in [1.807, 2.05) is 13.0 Å². The summed E-state index contributed by atoms with van der Waals surface area (Å²) in [5.41, 5.74) is 1.25. The fourth-order valence-corrected chi connectivity index (χ4v) is 1.86. The van der Waals surface area contributed by atoms with E-state index in [4.69, 9.17) is 9.47 Å². The molecule has 0 N–H and O–H groups in total. The summed E-state index contributed by atoms with van der Waals surface area (Å²) in [7, 11) is 1.49. The summed E-state index contributed by atoms with van der Waals surface area (Å²) in [6, 6.07) is 11.1. The van der Waals surface area contributed by atoms with Crippen LogP contribution in [0.25, 0.3) is 0 Å². The summed E-state index contributed by atoms with van der Waals surface area (Å²) in [5.74, 6) is -0.569. The molecule has 104 valence electrons. The second-order valence-corrected chi connectivity index (χ2v) is 4.36. The molecular formula is C16H15FO3. The lowest BCUT2D eigenvalue weighted by Gasteiger charge is -2.11. The predicted molar refractivity (Wildman–Crippen MR) is 73.5 cm³/mol. The van der Waals surface area contributed by atoms with Gasteiger partial charge in [0, 0.05) is 7.11 Å². The van der Waals surface area contributed by atoms with Crippen molar-refractivity contribution in [3.05, 3.63) is 65.0 Å². The van der Waals surface area contributed by atoms with Gasteiger partial charge in [-0.15, -0.1) is 0 Å². The monoisotopic (exact) mass is 274 g/mol. The smallest absolute Gasteiger partial charge is 0.199 e. The van der Waals surface area contributed by atoms with Crippen molar-refractivity contribution in [3.63, 3.8) is 0 Å². The van der Waals surface area contributed by atoms with Gasteiger partial charge in [-0.25, -0.2) is 4.39 Å². The van der Waals surface area contributed by atoms with E-state index >= 15 is 0 Å². The molecule has 0 spiro atoms. The highest BCUT2D eigenvalue weighted by Gasteiger charge is 2.18. The third-order valence-electron chi connectivity index (χ3n) is 2.83. The Bertz CT molecular complexity index is 623. The predicted octanol–water partition coefficient (Wildman–Crippen LogP) is 3.35. The zero-order valence-corrected chi connectivity index (χ0v) is 11.4. The first-order chi connectivity index (χ1) is 9.63. The lowest BCUT2D eigenvalue weighted by Crippen LogP contribution is -2.09. The van der Waals surface area contributed by atoms with Crippen molar-refractivity contribution in [2.45, 2.75) is 6.92 Å². The van der Waals surface area contributed by atoms with Gasteiger partial charge in [0.2, 0.25) is 0 Å². The van der Waals surface area contributed by atoms with E-state index < -0.39 is 11.6 Å². The minimum atomic E-state index is -0.545. The maximum absolute atomic E-state index is 13.7. The van der Waals surface area contributed by atoms with Crippen molar-refractivity contribution in [2.24, 2.45) is 0 Å². The van der Waals surface area contributed by atoms with Crippen LogP contribution in [0.1, 0.15) is 21.5 Å². The van der Waals surface area contributed by atoms with Gasteiger partial charge in [0.05, 0.1) is 11.1 Å². The maximum atomic E-state index is 13.7. The summed E-state index contributed by atoms with van der Waals surface area (Å²) in [4.78, 5) is 12.4. The van der Waals surface area contributed by atoms with Crippen molar-refractivity contribution in [1.29, 1.82) is 0 Å². The van der Waals surface area contributed by atoms with E-state index in [2.05, 4.69) is 0 Å². The van der Waals surface area contributed by atoms with E-state index in [-0.39, 0.29) is 12.4 Å². The molecular weight excluding hydrogens is 259 g/mol. The zero-order chi connectivity index (χ0) is 14.5. The molecule has 0 heterocycles. The normalized spacial score (nSPS) is 10.3. The molecule has 2 aromatic carbocycles. The van der Waals surface area contributed by atoms with E-state index in [0.29, 0.717) is 11.3 Å². The Morgan fingerprint density at radius 2 is 1.90 bits per heavy atom. The summed E-state index contributed by atoms with van der Waals surface area (Å²) < 4.78 is 23.9. The van der Waals surface area contributed by atoms with E-state index in [9.17, 15) is 9.18 Å². The number of carbonyl (C=O) groups excluding carboxylic acids is 1. The standard InChI is InChI=1S/C16H15FO3/c1-11-7-8-15(20-10-19-2)13(9-11)16(18)12-5-3-4-6-14(12)17/h3-9H,10H2,1-2H3. The van der Waals surface area contributed by atoms with Crippen molar-refractivity contribution < 1.29 is 18.7 Å². The topological polar surface area (TPSA) is 35.5 Å². The molecule has 0 aromatic heterocycles. The van der Waals surface area contributed by atoms with Crippen molar-refractivity contribution in [3.8, 4) is 5.75 Å². The van der Waals surface area contributed by atoms with Crippen LogP contribution in [0.15, 0.2) is 42.5 Å². The third-order valence-corrected chi connectivity index (χ3v) is 2.83. The SMILES string of the molecule is COCOc1ccc(C)cc1C(=O)c1ccccc1F. The van der Waals surface area contributed by atoms with Crippen LogP contribution in [-0.2, 0) is 4.74 Å². The van der Waals surface area contributed by atoms with Crippen LogP contribution in [0, 0.1) is 12.7 Å². The molecule has 0 amide bonds. The Hall–Kier alpha value is -2.20. The second kappa shape index (κ2) is 6.30. The highest BCUT2D eigenvalue weighted by atomic mass is 19.1. The number of benzene rings is 2. The number of halogens is 1. The van der Waals surface area contributed by atoms with Crippen molar-refractivity contribution in [1.82, 2.24) is 0 Å². The number of rotatable bonds is 5. The third kappa shape index (κ3) is 3.03. The molecule has 2 rings (SSSR count). The molecule has 4 heteroatoms. The van der Waals surface area contributed by atoms with Crippen LogP contribution in [0.4, 0.5) is 4.39 Å². The molecule has 3 nitrogen and oxygen atoms in total. The van der Waals surface area contributed by atoms with Crippen LogP contribution in [-0.4, -0.2) is 19.7 Å². The van der Waals surface area contributed by atoms with Crippen LogP contribution in [0.2, 0.25) is 0 Å². The number of hydrogen-bond donors (Lipinski definition) is 0. The molecule has 0 radical (unpaired) electrons. The van der Waals surface area contributed by atoms with E-state index in [1.165, 1.54) is 19.2 Å². The van der Waals surface area contributed by atoms with Gasteiger partial charge in [0.25, 0.3) is 0 Å². The lowest BCUT2D eigenvalue weighted by atomic mass is 10.0. The van der Waals surface area contributed by atoms with Crippen LogP contribution < -0.4 is 4.74 Å². The molecule has 2 aromatic rings. The first-order valence-corrected chi connectivity index (χ1v) is 6.15. The summed E-state index contributed by atoms with van der Waals surface area (Å²) in [6.45, 7) is 1.89. The van der Waals surface area contributed by atoms with E-state index in [1.54, 1.807) is 24.3 Å². The van der Waals surface area contributed by atoms with Crippen LogP contribution >= 0.6 is 0 Å². The lowest BCUT2D eigenvalue weighted by molar-refractivity contribution is 0.0503. The van der Waals surface area contributed by atoms with Crippen LogP contribution in [0.5, 0.6) is 5.75 Å². The average molecular weight is 274 g/mol. The summed E-state index contributed by atoms with van der Waals surface area (Å²) >= 11 is 0. The Labute approximate surface area is 117 Å². The number of ether oxygens (including phenoxy) is 2. The largest absolute Gasteiger partial charge is 0.467 e. The fourth-order valence-electron chi connectivity index (χ4n) is 1.86. The highest BCUT2D eigenvalue weighted by Crippen LogP contribution is 2.24. The number of ketones is 1. The maximum Gasteiger partial charge on any atom is 0.199 e. The minimum absolute atomic E-state index is 0.0281. The number of aryl methyl sites for hydroxylation is 1. The Kier molecular flexibility index (Phi) is 4.48. The zero-order valence-electron chi connectivity index (χ0n) is 11.4. The quantitative estimate of drug-likeness (QED) is 0.619. The number of carbonyl (C=O) groups is 1. The molecule has 0 unspecified atom stereocenters. The fraction of sp³-hybridized carbons (Fsp3) is 0.188. The van der Waals surface area contributed by atoms with Crippen molar-refractivity contribution in [2.75, 3.05) is 13.9 Å². The van der Waals surface area contributed by atoms with Gasteiger partial charge < -0.3 is 9.47 Å².